The molecule has 0 bridgehead atoms. The van der Waals surface area contributed by atoms with Gasteiger partial charge in [0.25, 0.3) is 11.7 Å². The number of likely N-dealkylation sites (tertiary alicyclic amines) is 1. The number of hydrogen-bond donors (Lipinski definition) is 0. The number of amides is 1. The van der Waals surface area contributed by atoms with Crippen molar-refractivity contribution in [1.82, 2.24) is 4.90 Å². The van der Waals surface area contributed by atoms with Crippen LogP contribution < -0.4 is 4.74 Å². The maximum atomic E-state index is 12.8. The number of ketones is 1. The summed E-state index contributed by atoms with van der Waals surface area (Å²) in [6.07, 6.45) is 2.05. The zero-order valence-electron chi connectivity index (χ0n) is 15.8. The van der Waals surface area contributed by atoms with E-state index >= 15 is 0 Å². The van der Waals surface area contributed by atoms with Crippen molar-refractivity contribution >= 4 is 17.7 Å². The van der Waals surface area contributed by atoms with E-state index in [0.717, 1.165) is 18.4 Å². The van der Waals surface area contributed by atoms with E-state index in [1.165, 1.54) is 18.1 Å². The first-order valence-corrected chi connectivity index (χ1v) is 9.30. The van der Waals surface area contributed by atoms with E-state index in [1.807, 2.05) is 30.3 Å². The molecule has 0 spiro atoms. The number of rotatable bonds is 6. The van der Waals surface area contributed by atoms with Crippen LogP contribution >= 0.6 is 0 Å². The van der Waals surface area contributed by atoms with Crippen molar-refractivity contribution in [2.45, 2.75) is 31.9 Å². The maximum absolute atomic E-state index is 12.8. The van der Waals surface area contributed by atoms with Crippen molar-refractivity contribution in [1.29, 1.82) is 0 Å². The monoisotopic (exact) mass is 381 g/mol. The van der Waals surface area contributed by atoms with Gasteiger partial charge in [0.1, 0.15) is 18.4 Å². The van der Waals surface area contributed by atoms with Gasteiger partial charge < -0.3 is 14.4 Å². The minimum absolute atomic E-state index is 0.141. The number of methoxy groups -OCH3 is 1. The Morgan fingerprint density at radius 1 is 1.04 bits per heavy atom. The Morgan fingerprint density at radius 3 is 2.57 bits per heavy atom. The van der Waals surface area contributed by atoms with Crippen LogP contribution in [0, 0.1) is 0 Å². The molecule has 0 radical (unpaired) electrons. The Labute approximate surface area is 164 Å². The van der Waals surface area contributed by atoms with Crippen molar-refractivity contribution < 1.29 is 23.9 Å². The predicted octanol–water partition coefficient (Wildman–Crippen LogP) is 3.00. The zero-order valence-corrected chi connectivity index (χ0v) is 15.8. The maximum Gasteiger partial charge on any atom is 0.329 e. The van der Waals surface area contributed by atoms with Crippen LogP contribution in [0.1, 0.15) is 35.2 Å². The molecule has 1 saturated heterocycles. The third kappa shape index (κ3) is 4.57. The van der Waals surface area contributed by atoms with Crippen molar-refractivity contribution in [3.63, 3.8) is 0 Å². The molecule has 0 aromatic heterocycles. The molecule has 1 fully saturated rings. The topological polar surface area (TPSA) is 72.9 Å². The lowest BCUT2D eigenvalue weighted by Gasteiger charge is -2.33. The minimum Gasteiger partial charge on any atom is -0.497 e. The van der Waals surface area contributed by atoms with Gasteiger partial charge in [0.05, 0.1) is 7.11 Å². The van der Waals surface area contributed by atoms with Crippen molar-refractivity contribution in [3.8, 4) is 5.75 Å². The number of esters is 1. The summed E-state index contributed by atoms with van der Waals surface area (Å²) in [5.41, 5.74) is 1.11. The molecule has 0 saturated carbocycles. The summed E-state index contributed by atoms with van der Waals surface area (Å²) in [5, 5.41) is 0. The van der Waals surface area contributed by atoms with Crippen molar-refractivity contribution in [3.05, 3.63) is 65.7 Å². The molecule has 1 heterocycles. The molecule has 1 aliphatic rings. The highest BCUT2D eigenvalue weighted by molar-refractivity contribution is 6.43. The molecule has 2 aromatic carbocycles. The molecule has 28 heavy (non-hydrogen) atoms. The molecule has 146 valence electrons. The average molecular weight is 381 g/mol. The highest BCUT2D eigenvalue weighted by atomic mass is 16.5. The van der Waals surface area contributed by atoms with Gasteiger partial charge in [-0.1, -0.05) is 42.5 Å². The summed E-state index contributed by atoms with van der Waals surface area (Å²) in [4.78, 5) is 39.4. The summed E-state index contributed by atoms with van der Waals surface area (Å²) in [7, 11) is 1.49. The van der Waals surface area contributed by atoms with Gasteiger partial charge >= 0.3 is 5.97 Å². The molecule has 6 nitrogen and oxygen atoms in total. The Hall–Kier alpha value is -3.15. The molecule has 2 aromatic rings. The lowest BCUT2D eigenvalue weighted by molar-refractivity contribution is -0.156. The second-order valence-corrected chi connectivity index (χ2v) is 6.66. The molecule has 1 amide bonds. The lowest BCUT2D eigenvalue weighted by Crippen LogP contribution is -2.51. The molecule has 0 N–H and O–H groups in total. The largest absolute Gasteiger partial charge is 0.497 e. The quantitative estimate of drug-likeness (QED) is 0.437. The Bertz CT molecular complexity index is 849. The van der Waals surface area contributed by atoms with Gasteiger partial charge in [-0.05, 0) is 37.0 Å². The number of carbonyl (C=O) groups is 3. The highest BCUT2D eigenvalue weighted by Gasteiger charge is 2.36. The number of Topliss-reactive ketones (excluding diaryl/α,β-unsaturated/α-hetero) is 1. The molecule has 6 heteroatoms. The van der Waals surface area contributed by atoms with E-state index in [2.05, 4.69) is 0 Å². The Morgan fingerprint density at radius 2 is 1.82 bits per heavy atom. The van der Waals surface area contributed by atoms with E-state index in [9.17, 15) is 14.4 Å². The van der Waals surface area contributed by atoms with Crippen LogP contribution in [0.4, 0.5) is 0 Å². The second-order valence-electron chi connectivity index (χ2n) is 6.66. The number of ether oxygens (including phenoxy) is 2. The van der Waals surface area contributed by atoms with Gasteiger partial charge in [-0.2, -0.15) is 0 Å². The van der Waals surface area contributed by atoms with Crippen LogP contribution in [0.15, 0.2) is 54.6 Å². The van der Waals surface area contributed by atoms with Gasteiger partial charge in [-0.3, -0.25) is 9.59 Å². The minimum atomic E-state index is -0.737. The number of hydrogen-bond acceptors (Lipinski definition) is 5. The summed E-state index contributed by atoms with van der Waals surface area (Å²) in [6.45, 7) is 0.502. The third-order valence-electron chi connectivity index (χ3n) is 4.79. The predicted molar refractivity (Wildman–Crippen MR) is 103 cm³/mol. The van der Waals surface area contributed by atoms with Gasteiger partial charge in [-0.15, -0.1) is 0 Å². The van der Waals surface area contributed by atoms with Crippen LogP contribution in [-0.4, -0.2) is 42.3 Å². The molecular formula is C22H23NO5. The van der Waals surface area contributed by atoms with E-state index in [4.69, 9.17) is 9.47 Å². The number of carbonyl (C=O) groups excluding carboxylic acids is 3. The van der Waals surface area contributed by atoms with E-state index < -0.39 is 23.7 Å². The standard InChI is InChI=1S/C22H23NO5/c1-27-18-11-7-10-17(14-18)20(24)21(25)23-13-6-5-12-19(23)22(26)28-15-16-8-3-2-4-9-16/h2-4,7-11,14,19H,5-6,12-13,15H2,1H3/t19-/m0/s1. The summed E-state index contributed by atoms with van der Waals surface area (Å²) < 4.78 is 10.5. The fourth-order valence-corrected chi connectivity index (χ4v) is 3.26. The highest BCUT2D eigenvalue weighted by Crippen LogP contribution is 2.21. The smallest absolute Gasteiger partial charge is 0.329 e. The van der Waals surface area contributed by atoms with Crippen LogP contribution in [-0.2, 0) is 20.9 Å². The molecular weight excluding hydrogens is 358 g/mol. The van der Waals surface area contributed by atoms with Crippen molar-refractivity contribution in [2.75, 3.05) is 13.7 Å². The van der Waals surface area contributed by atoms with Gasteiger partial charge in [-0.25, -0.2) is 4.79 Å². The van der Waals surface area contributed by atoms with Crippen LogP contribution in [0.2, 0.25) is 0 Å². The number of piperidine rings is 1. The molecule has 1 aliphatic heterocycles. The first-order valence-electron chi connectivity index (χ1n) is 9.30. The number of benzene rings is 2. The summed E-state index contributed by atoms with van der Waals surface area (Å²) >= 11 is 0. The first-order chi connectivity index (χ1) is 13.6. The van der Waals surface area contributed by atoms with Crippen LogP contribution in [0.25, 0.3) is 0 Å². The van der Waals surface area contributed by atoms with Gasteiger partial charge in [0, 0.05) is 12.1 Å². The molecule has 0 unspecified atom stereocenters. The average Bonchev–Trinajstić information content (AvgIpc) is 2.77. The van der Waals surface area contributed by atoms with Gasteiger partial charge in [0.15, 0.2) is 0 Å². The zero-order chi connectivity index (χ0) is 19.9. The van der Waals surface area contributed by atoms with E-state index in [1.54, 1.807) is 18.2 Å². The summed E-state index contributed by atoms with van der Waals surface area (Å²) in [6, 6.07) is 15.1. The summed E-state index contributed by atoms with van der Waals surface area (Å²) in [5.74, 6) is -1.32. The Kier molecular flexibility index (Phi) is 6.42. The SMILES string of the molecule is COc1cccc(C(=O)C(=O)N2CCCC[C@H]2C(=O)OCc2ccccc2)c1. The van der Waals surface area contributed by atoms with Gasteiger partial charge in [0.2, 0.25) is 0 Å². The first kappa shape index (κ1) is 19.6. The molecule has 0 aliphatic carbocycles. The van der Waals surface area contributed by atoms with Crippen LogP contribution in [0.5, 0.6) is 5.75 Å². The second kappa shape index (κ2) is 9.17. The Balaban J connectivity index is 1.70. The van der Waals surface area contributed by atoms with E-state index in [-0.39, 0.29) is 12.2 Å². The third-order valence-corrected chi connectivity index (χ3v) is 4.79. The van der Waals surface area contributed by atoms with Crippen LogP contribution in [0.3, 0.4) is 0 Å². The van der Waals surface area contributed by atoms with Crippen molar-refractivity contribution in [2.24, 2.45) is 0 Å². The molecule has 3 rings (SSSR count). The number of nitrogens with zero attached hydrogens (tertiary/aromatic N) is 1. The fraction of sp³-hybridized carbons (Fsp3) is 0.318. The van der Waals surface area contributed by atoms with E-state index in [0.29, 0.717) is 18.7 Å². The fourth-order valence-electron chi connectivity index (χ4n) is 3.26. The lowest BCUT2D eigenvalue weighted by atomic mass is 10.00. The normalized spacial score (nSPS) is 16.3. The molecule has 1 atom stereocenters.